The summed E-state index contributed by atoms with van der Waals surface area (Å²) in [6, 6.07) is 8.67. The number of aromatic nitrogens is 2. The van der Waals surface area contributed by atoms with Crippen molar-refractivity contribution in [2.75, 3.05) is 7.11 Å². The number of hydrogen-bond acceptors (Lipinski definition) is 4. The van der Waals surface area contributed by atoms with Crippen molar-refractivity contribution in [1.82, 2.24) is 9.97 Å². The zero-order valence-corrected chi connectivity index (χ0v) is 12.4. The number of nitrogens with zero attached hydrogens (tertiary/aromatic N) is 2. The van der Waals surface area contributed by atoms with Gasteiger partial charge in [0, 0.05) is 6.20 Å². The van der Waals surface area contributed by atoms with Gasteiger partial charge in [0.25, 0.3) is 0 Å². The number of halogens is 2. The van der Waals surface area contributed by atoms with Crippen LogP contribution in [0.2, 0.25) is 5.28 Å². The minimum Gasteiger partial charge on any atom is -0.496 e. The maximum absolute atomic E-state index is 12.4. The molecule has 0 amide bonds. The molecule has 2 aromatic rings. The topological polar surface area (TPSA) is 52.1 Å². The normalized spacial score (nSPS) is 11.9. The summed E-state index contributed by atoms with van der Waals surface area (Å²) in [4.78, 5) is 19.6. The second-order valence-corrected chi connectivity index (χ2v) is 4.93. The van der Waals surface area contributed by atoms with Crippen molar-refractivity contribution in [2.45, 2.75) is 4.83 Å². The van der Waals surface area contributed by atoms with Crippen LogP contribution in [-0.2, 0) is 0 Å². The Morgan fingerprint density at radius 3 is 2.79 bits per heavy atom. The first-order valence-corrected chi connectivity index (χ1v) is 6.72. The monoisotopic (exact) mass is 340 g/mol. The van der Waals surface area contributed by atoms with Gasteiger partial charge in [-0.15, -0.1) is 0 Å². The number of carbonyl (C=O) groups excluding carboxylic acids is 1. The average molecular weight is 342 g/mol. The first-order valence-electron chi connectivity index (χ1n) is 5.43. The highest BCUT2D eigenvalue weighted by Crippen LogP contribution is 2.29. The Balaban J connectivity index is 2.33. The lowest BCUT2D eigenvalue weighted by atomic mass is 10.1. The van der Waals surface area contributed by atoms with E-state index >= 15 is 0 Å². The summed E-state index contributed by atoms with van der Waals surface area (Å²) in [5.74, 6) is 0.379. The van der Waals surface area contributed by atoms with E-state index in [9.17, 15) is 4.79 Å². The second-order valence-electron chi connectivity index (χ2n) is 3.68. The minimum absolute atomic E-state index is 0.106. The van der Waals surface area contributed by atoms with E-state index in [0.29, 0.717) is 17.0 Å². The highest BCUT2D eigenvalue weighted by molar-refractivity contribution is 9.09. The molecule has 0 bridgehead atoms. The van der Waals surface area contributed by atoms with Gasteiger partial charge in [-0.2, -0.15) is 0 Å². The standard InChI is InChI=1S/C13H10BrClN2O2/c1-19-10-5-3-2-4-8(10)12(18)11(14)9-6-7-16-13(15)17-9/h2-7,11H,1H3. The van der Waals surface area contributed by atoms with Gasteiger partial charge in [-0.3, -0.25) is 4.79 Å². The summed E-state index contributed by atoms with van der Waals surface area (Å²) in [5, 5.41) is 0.106. The van der Waals surface area contributed by atoms with Crippen LogP contribution in [0, 0.1) is 0 Å². The molecule has 1 aromatic carbocycles. The molecule has 0 saturated carbocycles. The molecule has 1 unspecified atom stereocenters. The maximum Gasteiger partial charge on any atom is 0.222 e. The van der Waals surface area contributed by atoms with Crippen molar-refractivity contribution in [3.05, 3.63) is 53.1 Å². The Morgan fingerprint density at radius 2 is 2.11 bits per heavy atom. The van der Waals surface area contributed by atoms with Crippen molar-refractivity contribution in [3.8, 4) is 5.75 Å². The van der Waals surface area contributed by atoms with Crippen LogP contribution < -0.4 is 4.74 Å². The molecule has 19 heavy (non-hydrogen) atoms. The molecule has 4 nitrogen and oxygen atoms in total. The van der Waals surface area contributed by atoms with E-state index < -0.39 is 4.83 Å². The zero-order chi connectivity index (χ0) is 13.8. The lowest BCUT2D eigenvalue weighted by molar-refractivity contribution is 0.0987. The number of rotatable bonds is 4. The molecule has 1 atom stereocenters. The fourth-order valence-electron chi connectivity index (χ4n) is 1.61. The number of Topliss-reactive ketones (excluding diaryl/α,β-unsaturated/α-hetero) is 1. The van der Waals surface area contributed by atoms with E-state index in [1.165, 1.54) is 13.3 Å². The van der Waals surface area contributed by atoms with E-state index in [1.807, 2.05) is 0 Å². The molecule has 0 aliphatic carbocycles. The predicted molar refractivity (Wildman–Crippen MR) is 76.0 cm³/mol. The molecule has 1 heterocycles. The van der Waals surface area contributed by atoms with Gasteiger partial charge in [0.05, 0.1) is 18.4 Å². The van der Waals surface area contributed by atoms with Crippen LogP contribution in [0.5, 0.6) is 5.75 Å². The fourth-order valence-corrected chi connectivity index (χ4v) is 2.26. The largest absolute Gasteiger partial charge is 0.496 e. The summed E-state index contributed by atoms with van der Waals surface area (Å²) in [6.45, 7) is 0. The van der Waals surface area contributed by atoms with Crippen LogP contribution in [0.1, 0.15) is 20.9 Å². The number of carbonyl (C=O) groups is 1. The Morgan fingerprint density at radius 1 is 1.37 bits per heavy atom. The SMILES string of the molecule is COc1ccccc1C(=O)C(Br)c1ccnc(Cl)n1. The number of para-hydroxylation sites is 1. The molecule has 0 radical (unpaired) electrons. The van der Waals surface area contributed by atoms with Gasteiger partial charge in [0.1, 0.15) is 10.6 Å². The van der Waals surface area contributed by atoms with Crippen LogP contribution in [0.3, 0.4) is 0 Å². The van der Waals surface area contributed by atoms with E-state index in [4.69, 9.17) is 16.3 Å². The van der Waals surface area contributed by atoms with E-state index in [2.05, 4.69) is 25.9 Å². The molecule has 6 heteroatoms. The first-order chi connectivity index (χ1) is 9.13. The molecule has 1 aromatic heterocycles. The van der Waals surface area contributed by atoms with Crippen molar-refractivity contribution in [1.29, 1.82) is 0 Å². The Hall–Kier alpha value is -1.46. The van der Waals surface area contributed by atoms with Gasteiger partial charge in [-0.25, -0.2) is 9.97 Å². The summed E-state index contributed by atoms with van der Waals surface area (Å²) in [7, 11) is 1.52. The second kappa shape index (κ2) is 6.12. The molecule has 0 aliphatic rings. The summed E-state index contributed by atoms with van der Waals surface area (Å²) in [6.07, 6.45) is 1.51. The minimum atomic E-state index is -0.593. The smallest absolute Gasteiger partial charge is 0.222 e. The Kier molecular flexibility index (Phi) is 4.50. The molecule has 0 aliphatic heterocycles. The van der Waals surface area contributed by atoms with Crippen LogP contribution in [-0.4, -0.2) is 22.9 Å². The number of ketones is 1. The third-order valence-electron chi connectivity index (χ3n) is 2.51. The molecule has 0 fully saturated rings. The van der Waals surface area contributed by atoms with Crippen LogP contribution in [0.15, 0.2) is 36.5 Å². The van der Waals surface area contributed by atoms with Gasteiger partial charge in [-0.1, -0.05) is 28.1 Å². The zero-order valence-electron chi connectivity index (χ0n) is 10.0. The van der Waals surface area contributed by atoms with Crippen LogP contribution in [0.4, 0.5) is 0 Å². The average Bonchev–Trinajstić information content (AvgIpc) is 2.45. The summed E-state index contributed by atoms with van der Waals surface area (Å²) in [5.41, 5.74) is 0.998. The van der Waals surface area contributed by atoms with Crippen molar-refractivity contribution in [3.63, 3.8) is 0 Å². The van der Waals surface area contributed by atoms with E-state index in [0.717, 1.165) is 0 Å². The molecular weight excluding hydrogens is 332 g/mol. The van der Waals surface area contributed by atoms with Crippen molar-refractivity contribution < 1.29 is 9.53 Å². The number of benzene rings is 1. The van der Waals surface area contributed by atoms with E-state index in [1.54, 1.807) is 30.3 Å². The number of alkyl halides is 1. The maximum atomic E-state index is 12.4. The molecule has 0 N–H and O–H groups in total. The number of hydrogen-bond donors (Lipinski definition) is 0. The lowest BCUT2D eigenvalue weighted by Gasteiger charge is -2.11. The molecule has 0 spiro atoms. The van der Waals surface area contributed by atoms with Crippen LogP contribution >= 0.6 is 27.5 Å². The fraction of sp³-hybridized carbons (Fsp3) is 0.154. The van der Waals surface area contributed by atoms with Crippen LogP contribution in [0.25, 0.3) is 0 Å². The van der Waals surface area contributed by atoms with Gasteiger partial charge in [-0.05, 0) is 29.8 Å². The van der Waals surface area contributed by atoms with Crippen molar-refractivity contribution >= 4 is 33.3 Å². The van der Waals surface area contributed by atoms with E-state index in [-0.39, 0.29) is 11.1 Å². The Labute approximate surface area is 123 Å². The third-order valence-corrected chi connectivity index (χ3v) is 3.58. The van der Waals surface area contributed by atoms with Gasteiger partial charge < -0.3 is 4.74 Å². The third kappa shape index (κ3) is 3.11. The highest BCUT2D eigenvalue weighted by atomic mass is 79.9. The molecule has 0 saturated heterocycles. The summed E-state index contributed by atoms with van der Waals surface area (Å²) >= 11 is 9.05. The highest BCUT2D eigenvalue weighted by Gasteiger charge is 2.23. The molecular formula is C13H10BrClN2O2. The van der Waals surface area contributed by atoms with Gasteiger partial charge in [0.2, 0.25) is 5.28 Å². The van der Waals surface area contributed by atoms with Gasteiger partial charge in [0.15, 0.2) is 5.78 Å². The Bertz CT molecular complexity index is 607. The first kappa shape index (κ1) is 14.0. The van der Waals surface area contributed by atoms with Gasteiger partial charge >= 0.3 is 0 Å². The molecule has 98 valence electrons. The predicted octanol–water partition coefficient (Wildman–Crippen LogP) is 3.46. The number of ether oxygens (including phenoxy) is 1. The van der Waals surface area contributed by atoms with Crippen molar-refractivity contribution in [2.24, 2.45) is 0 Å². The quantitative estimate of drug-likeness (QED) is 0.485. The summed E-state index contributed by atoms with van der Waals surface area (Å²) < 4.78 is 5.18. The lowest BCUT2D eigenvalue weighted by Crippen LogP contribution is -2.10. The molecule has 2 rings (SSSR count). The number of methoxy groups -OCH3 is 1.